The summed E-state index contributed by atoms with van der Waals surface area (Å²) in [5.41, 5.74) is 11.8. The van der Waals surface area contributed by atoms with Gasteiger partial charge in [0.15, 0.2) is 0 Å². The first-order chi connectivity index (χ1) is 11.5. The van der Waals surface area contributed by atoms with E-state index in [1.807, 2.05) is 0 Å². The molecule has 2 heterocycles. The average molecular weight is 329 g/mol. The number of nitrogens with zero attached hydrogens (tertiary/aromatic N) is 2. The number of aryl methyl sites for hydroxylation is 1. The first-order valence-electron chi connectivity index (χ1n) is 9.17. The monoisotopic (exact) mass is 329 g/mol. The van der Waals surface area contributed by atoms with E-state index in [0.29, 0.717) is 6.10 Å². The van der Waals surface area contributed by atoms with Crippen molar-refractivity contribution in [3.63, 3.8) is 0 Å². The molecule has 0 spiro atoms. The van der Waals surface area contributed by atoms with Gasteiger partial charge in [0.1, 0.15) is 0 Å². The second-order valence-corrected chi connectivity index (χ2v) is 7.41. The Hall–Kier alpha value is -1.36. The van der Waals surface area contributed by atoms with Crippen LogP contribution in [0.15, 0.2) is 18.3 Å². The molecular weight excluding hydrogens is 298 g/mol. The first-order valence-corrected chi connectivity index (χ1v) is 9.17. The van der Waals surface area contributed by atoms with Crippen LogP contribution in [0.1, 0.15) is 43.9 Å². The molecule has 1 aliphatic rings. The fourth-order valence-corrected chi connectivity index (χ4v) is 3.60. The van der Waals surface area contributed by atoms with Crippen LogP contribution < -0.4 is 5.73 Å². The van der Waals surface area contributed by atoms with Crippen molar-refractivity contribution in [3.8, 4) is 0 Å². The topological polar surface area (TPSA) is 43.4 Å². The predicted molar refractivity (Wildman–Crippen MR) is 100 cm³/mol. The zero-order valence-electron chi connectivity index (χ0n) is 15.5. The largest absolute Gasteiger partial charge is 0.377 e. The van der Waals surface area contributed by atoms with Crippen LogP contribution in [-0.4, -0.2) is 34.8 Å². The van der Waals surface area contributed by atoms with Gasteiger partial charge in [0.05, 0.1) is 12.7 Å². The van der Waals surface area contributed by atoms with Crippen molar-refractivity contribution in [1.29, 1.82) is 0 Å². The molecule has 0 bridgehead atoms. The summed E-state index contributed by atoms with van der Waals surface area (Å²) in [6.45, 7) is 10.2. The van der Waals surface area contributed by atoms with Crippen LogP contribution >= 0.6 is 0 Å². The molecule has 2 aromatic rings. The fourth-order valence-electron chi connectivity index (χ4n) is 3.60. The van der Waals surface area contributed by atoms with Crippen molar-refractivity contribution >= 4 is 10.9 Å². The zero-order chi connectivity index (χ0) is 17.3. The number of fused-ring (bicyclic) bond motifs is 2. The molecule has 0 saturated heterocycles. The van der Waals surface area contributed by atoms with E-state index in [4.69, 9.17) is 10.5 Å². The van der Waals surface area contributed by atoms with Crippen molar-refractivity contribution in [2.45, 2.75) is 58.8 Å². The highest BCUT2D eigenvalue weighted by Crippen LogP contribution is 2.31. The summed E-state index contributed by atoms with van der Waals surface area (Å²) in [7, 11) is 2.14. The van der Waals surface area contributed by atoms with Crippen molar-refractivity contribution in [1.82, 2.24) is 9.47 Å². The molecule has 1 aliphatic heterocycles. The van der Waals surface area contributed by atoms with Gasteiger partial charge in [-0.15, -0.1) is 0 Å². The molecule has 2 N–H and O–H groups in total. The van der Waals surface area contributed by atoms with E-state index < -0.39 is 0 Å². The molecule has 0 amide bonds. The molecule has 0 fully saturated rings. The van der Waals surface area contributed by atoms with Gasteiger partial charge in [-0.05, 0) is 55.5 Å². The number of rotatable bonds is 7. The van der Waals surface area contributed by atoms with E-state index in [9.17, 15) is 0 Å². The molecule has 24 heavy (non-hydrogen) atoms. The molecule has 1 aromatic heterocycles. The molecule has 0 saturated carbocycles. The highest BCUT2D eigenvalue weighted by atomic mass is 16.5. The van der Waals surface area contributed by atoms with Crippen molar-refractivity contribution in [2.75, 3.05) is 13.2 Å². The molecule has 0 radical (unpaired) electrons. The Morgan fingerprint density at radius 1 is 1.21 bits per heavy atom. The van der Waals surface area contributed by atoms with E-state index in [1.165, 1.54) is 27.6 Å². The summed E-state index contributed by atoms with van der Waals surface area (Å²) >= 11 is 0. The van der Waals surface area contributed by atoms with Crippen molar-refractivity contribution in [3.05, 3.63) is 35.0 Å². The van der Waals surface area contributed by atoms with Gasteiger partial charge in [0.25, 0.3) is 0 Å². The number of aromatic nitrogens is 1. The van der Waals surface area contributed by atoms with Gasteiger partial charge in [-0.1, -0.05) is 6.92 Å². The molecule has 3 rings (SSSR count). The first kappa shape index (κ1) is 17.5. The normalized spacial score (nSPS) is 16.2. The summed E-state index contributed by atoms with van der Waals surface area (Å²) < 4.78 is 7.95. The Kier molecular flexibility index (Phi) is 5.28. The molecular formula is C20H31N3O. The second-order valence-electron chi connectivity index (χ2n) is 7.41. The van der Waals surface area contributed by atoms with Crippen molar-refractivity contribution in [2.24, 2.45) is 12.8 Å². The van der Waals surface area contributed by atoms with Crippen LogP contribution in [0.3, 0.4) is 0 Å². The van der Waals surface area contributed by atoms with E-state index in [2.05, 4.69) is 55.6 Å². The van der Waals surface area contributed by atoms with Gasteiger partial charge in [0.2, 0.25) is 0 Å². The average Bonchev–Trinajstić information content (AvgIpc) is 3.06. The Labute approximate surface area is 145 Å². The number of benzene rings is 1. The summed E-state index contributed by atoms with van der Waals surface area (Å²) in [6, 6.07) is 5.01. The van der Waals surface area contributed by atoms with Gasteiger partial charge in [-0.25, -0.2) is 0 Å². The lowest BCUT2D eigenvalue weighted by molar-refractivity contribution is 0.0584. The summed E-state index contributed by atoms with van der Waals surface area (Å²) in [4.78, 5) is 2.48. The zero-order valence-corrected chi connectivity index (χ0v) is 15.5. The quantitative estimate of drug-likeness (QED) is 0.848. The minimum atomic E-state index is 0.244. The maximum absolute atomic E-state index is 6.19. The lowest BCUT2D eigenvalue weighted by atomic mass is 10.0. The molecule has 4 heteroatoms. The summed E-state index contributed by atoms with van der Waals surface area (Å²) in [5.74, 6) is 0. The smallest absolute Gasteiger partial charge is 0.0597 e. The molecule has 1 aromatic carbocycles. The Morgan fingerprint density at radius 2 is 1.92 bits per heavy atom. The summed E-state index contributed by atoms with van der Waals surface area (Å²) in [5, 5.41) is 1.38. The lowest BCUT2D eigenvalue weighted by Crippen LogP contribution is -2.23. The van der Waals surface area contributed by atoms with Crippen LogP contribution in [-0.2, 0) is 31.3 Å². The van der Waals surface area contributed by atoms with Gasteiger partial charge in [0, 0.05) is 49.8 Å². The number of ether oxygens (including phenoxy) is 1. The number of hydrogen-bond donors (Lipinski definition) is 1. The minimum absolute atomic E-state index is 0.244. The Bertz CT molecular complexity index is 704. The third-order valence-corrected chi connectivity index (χ3v) is 5.05. The fraction of sp³-hybridized carbons (Fsp3) is 0.600. The van der Waals surface area contributed by atoms with E-state index >= 15 is 0 Å². The molecule has 1 unspecified atom stereocenters. The van der Waals surface area contributed by atoms with Gasteiger partial charge in [-0.2, -0.15) is 0 Å². The van der Waals surface area contributed by atoms with Gasteiger partial charge >= 0.3 is 0 Å². The van der Waals surface area contributed by atoms with Crippen LogP contribution in [0.5, 0.6) is 0 Å². The van der Waals surface area contributed by atoms with Gasteiger partial charge in [-0.3, -0.25) is 4.90 Å². The third kappa shape index (κ3) is 3.66. The standard InChI is InChI=1S/C20H31N3O/c1-5-18(21)8-17-11-22(4)20-10-16-13-23(6-7-24-14(2)3)12-15(16)9-19(17)20/h9-11,14,18H,5-8,12-13,21H2,1-4H3. The molecule has 1 atom stereocenters. The SMILES string of the molecule is CCC(N)Cc1cn(C)c2cc3c(cc12)CN(CCOC(C)C)C3. The molecule has 4 nitrogen and oxygen atoms in total. The molecule has 0 aliphatic carbocycles. The second kappa shape index (κ2) is 7.26. The Morgan fingerprint density at radius 3 is 2.58 bits per heavy atom. The van der Waals surface area contributed by atoms with E-state index in [1.54, 1.807) is 0 Å². The minimum Gasteiger partial charge on any atom is -0.377 e. The summed E-state index contributed by atoms with van der Waals surface area (Å²) in [6.07, 6.45) is 4.54. The van der Waals surface area contributed by atoms with E-state index in [0.717, 1.165) is 39.1 Å². The van der Waals surface area contributed by atoms with E-state index in [-0.39, 0.29) is 6.04 Å². The van der Waals surface area contributed by atoms with Crippen LogP contribution in [0.2, 0.25) is 0 Å². The van der Waals surface area contributed by atoms with Crippen LogP contribution in [0.25, 0.3) is 10.9 Å². The number of hydrogen-bond acceptors (Lipinski definition) is 3. The van der Waals surface area contributed by atoms with Crippen LogP contribution in [0, 0.1) is 0 Å². The maximum Gasteiger partial charge on any atom is 0.0597 e. The highest BCUT2D eigenvalue weighted by molar-refractivity contribution is 5.86. The Balaban J connectivity index is 1.78. The third-order valence-electron chi connectivity index (χ3n) is 5.05. The molecule has 132 valence electrons. The van der Waals surface area contributed by atoms with Crippen LogP contribution in [0.4, 0.5) is 0 Å². The predicted octanol–water partition coefficient (Wildman–Crippen LogP) is 3.20. The van der Waals surface area contributed by atoms with Gasteiger partial charge < -0.3 is 15.0 Å². The highest BCUT2D eigenvalue weighted by Gasteiger charge is 2.21. The maximum atomic E-state index is 6.19. The number of nitrogens with two attached hydrogens (primary N) is 1. The van der Waals surface area contributed by atoms with Crippen molar-refractivity contribution < 1.29 is 4.74 Å². The lowest BCUT2D eigenvalue weighted by Gasteiger charge is -2.15.